The van der Waals surface area contributed by atoms with E-state index in [1.165, 1.54) is 25.7 Å². The van der Waals surface area contributed by atoms with Crippen molar-refractivity contribution in [3.63, 3.8) is 0 Å². The Morgan fingerprint density at radius 1 is 1.00 bits per heavy atom. The van der Waals surface area contributed by atoms with Crippen molar-refractivity contribution in [3.8, 4) is 0 Å². The van der Waals surface area contributed by atoms with Crippen molar-refractivity contribution in [1.29, 1.82) is 0 Å². The van der Waals surface area contributed by atoms with E-state index in [1.807, 2.05) is 0 Å². The largest absolute Gasteiger partial charge is 0.380 e. The van der Waals surface area contributed by atoms with Crippen molar-refractivity contribution >= 4 is 10.0 Å². The molecule has 0 aromatic carbocycles. The van der Waals surface area contributed by atoms with Gasteiger partial charge in [0.25, 0.3) is 0 Å². The molecular weight excluding hydrogens is 250 g/mol. The Bertz CT molecular complexity index is 389. The lowest BCUT2D eigenvalue weighted by atomic mass is 9.79. The first-order valence-electron chi connectivity index (χ1n) is 7.24. The Kier molecular flexibility index (Phi) is 3.65. The number of hydrogen-bond donors (Lipinski definition) is 1. The van der Waals surface area contributed by atoms with E-state index in [-0.39, 0.29) is 11.3 Å². The minimum absolute atomic E-state index is 0.176. The lowest BCUT2D eigenvalue weighted by Crippen LogP contribution is -2.44. The average Bonchev–Trinajstić information content (AvgIpc) is 2.99. The summed E-state index contributed by atoms with van der Waals surface area (Å²) in [5, 5.41) is -0.321. The predicted molar refractivity (Wildman–Crippen MR) is 69.7 cm³/mol. The summed E-state index contributed by atoms with van der Waals surface area (Å²) in [6.45, 7) is 0.953. The third-order valence-electron chi connectivity index (χ3n) is 4.95. The number of fused-ring (bicyclic) bond motifs is 1. The van der Waals surface area contributed by atoms with Gasteiger partial charge in [0, 0.05) is 12.6 Å². The van der Waals surface area contributed by atoms with Crippen LogP contribution in [0.1, 0.15) is 44.9 Å². The van der Waals surface area contributed by atoms with Crippen LogP contribution in [-0.4, -0.2) is 32.9 Å². The normalized spacial score (nSPS) is 40.9. The monoisotopic (exact) mass is 273 g/mol. The molecule has 1 heterocycles. The van der Waals surface area contributed by atoms with E-state index in [0.29, 0.717) is 19.6 Å². The third-order valence-corrected chi connectivity index (χ3v) is 6.86. The summed E-state index contributed by atoms with van der Waals surface area (Å²) in [6.07, 6.45) is 7.93. The summed E-state index contributed by atoms with van der Waals surface area (Å²) in [5.41, 5.74) is 0. The average molecular weight is 273 g/mol. The van der Waals surface area contributed by atoms with Crippen molar-refractivity contribution in [1.82, 2.24) is 4.72 Å². The highest BCUT2D eigenvalue weighted by molar-refractivity contribution is 7.90. The van der Waals surface area contributed by atoms with Crippen molar-refractivity contribution in [3.05, 3.63) is 0 Å². The van der Waals surface area contributed by atoms with Crippen LogP contribution in [0.2, 0.25) is 0 Å². The summed E-state index contributed by atoms with van der Waals surface area (Å²) in [7, 11) is -3.16. The summed E-state index contributed by atoms with van der Waals surface area (Å²) in [4.78, 5) is 0. The van der Waals surface area contributed by atoms with Crippen molar-refractivity contribution < 1.29 is 13.2 Å². The van der Waals surface area contributed by atoms with Crippen LogP contribution < -0.4 is 4.72 Å². The summed E-state index contributed by atoms with van der Waals surface area (Å²) < 4.78 is 32.5. The van der Waals surface area contributed by atoms with Crippen LogP contribution in [0, 0.1) is 11.8 Å². The highest BCUT2D eigenvalue weighted by atomic mass is 32.2. The van der Waals surface area contributed by atoms with E-state index in [2.05, 4.69) is 4.72 Å². The van der Waals surface area contributed by atoms with Gasteiger partial charge < -0.3 is 4.74 Å². The molecule has 4 nitrogen and oxygen atoms in total. The highest BCUT2D eigenvalue weighted by Crippen LogP contribution is 2.42. The molecule has 1 N–H and O–H groups in total. The van der Waals surface area contributed by atoms with Crippen molar-refractivity contribution in [2.24, 2.45) is 11.8 Å². The minimum Gasteiger partial charge on any atom is -0.380 e. The van der Waals surface area contributed by atoms with E-state index >= 15 is 0 Å². The highest BCUT2D eigenvalue weighted by Gasteiger charge is 2.37. The van der Waals surface area contributed by atoms with Gasteiger partial charge in [-0.1, -0.05) is 19.3 Å². The summed E-state index contributed by atoms with van der Waals surface area (Å²) >= 11 is 0. The van der Waals surface area contributed by atoms with Crippen LogP contribution in [0.5, 0.6) is 0 Å². The molecule has 2 aliphatic carbocycles. The molecule has 0 spiro atoms. The Morgan fingerprint density at radius 2 is 1.83 bits per heavy atom. The molecule has 4 atom stereocenters. The minimum atomic E-state index is -3.16. The molecule has 104 valence electrons. The van der Waals surface area contributed by atoms with Crippen LogP contribution in [0.3, 0.4) is 0 Å². The Morgan fingerprint density at radius 3 is 2.61 bits per heavy atom. The van der Waals surface area contributed by atoms with Gasteiger partial charge in [-0.25, -0.2) is 13.1 Å². The maximum atomic E-state index is 12.2. The zero-order valence-corrected chi connectivity index (χ0v) is 11.6. The number of rotatable bonds is 3. The standard InChI is InChI=1S/C13H23NO3S/c15-18(16,13-6-7-17-9-13)14-12-5-4-10-2-1-3-11(10)8-12/h10-14H,1-9H2. The maximum absolute atomic E-state index is 12.2. The Balaban J connectivity index is 1.59. The van der Waals surface area contributed by atoms with Gasteiger partial charge in [0.05, 0.1) is 6.61 Å². The smallest absolute Gasteiger partial charge is 0.217 e. The van der Waals surface area contributed by atoms with Gasteiger partial charge in [0.15, 0.2) is 0 Å². The fraction of sp³-hybridized carbons (Fsp3) is 1.00. The fourth-order valence-electron chi connectivity index (χ4n) is 3.90. The molecule has 0 radical (unpaired) electrons. The van der Waals surface area contributed by atoms with E-state index in [1.54, 1.807) is 0 Å². The van der Waals surface area contributed by atoms with Gasteiger partial charge in [-0.2, -0.15) is 0 Å². The molecular formula is C13H23NO3S. The zero-order valence-electron chi connectivity index (χ0n) is 10.8. The summed E-state index contributed by atoms with van der Waals surface area (Å²) in [5.74, 6) is 1.65. The van der Waals surface area contributed by atoms with E-state index in [0.717, 1.165) is 24.7 Å². The molecule has 1 aliphatic heterocycles. The summed E-state index contributed by atoms with van der Waals surface area (Å²) in [6, 6.07) is 0.176. The topological polar surface area (TPSA) is 55.4 Å². The number of ether oxygens (including phenoxy) is 1. The Hall–Kier alpha value is -0.130. The molecule has 18 heavy (non-hydrogen) atoms. The van der Waals surface area contributed by atoms with Gasteiger partial charge in [0.1, 0.15) is 5.25 Å². The van der Waals surface area contributed by atoms with Crippen LogP contribution in [-0.2, 0) is 14.8 Å². The molecule has 0 bridgehead atoms. The lowest BCUT2D eigenvalue weighted by Gasteiger charge is -2.32. The molecule has 2 saturated carbocycles. The molecule has 0 aromatic heterocycles. The van der Waals surface area contributed by atoms with E-state index in [9.17, 15) is 8.42 Å². The number of nitrogens with one attached hydrogen (secondary N) is 1. The predicted octanol–water partition coefficient (Wildman–Crippen LogP) is 1.66. The lowest BCUT2D eigenvalue weighted by molar-refractivity contribution is 0.198. The van der Waals surface area contributed by atoms with Gasteiger partial charge in [0.2, 0.25) is 10.0 Å². The van der Waals surface area contributed by atoms with Gasteiger partial charge in [-0.3, -0.25) is 0 Å². The third kappa shape index (κ3) is 2.58. The molecule has 1 saturated heterocycles. The second kappa shape index (κ2) is 5.10. The second-order valence-corrected chi connectivity index (χ2v) is 8.10. The zero-order chi connectivity index (χ0) is 12.6. The molecule has 0 aromatic rings. The second-order valence-electron chi connectivity index (χ2n) is 6.11. The van der Waals surface area contributed by atoms with E-state index in [4.69, 9.17) is 4.74 Å². The molecule has 3 aliphatic rings. The van der Waals surface area contributed by atoms with Crippen LogP contribution in [0.25, 0.3) is 0 Å². The van der Waals surface area contributed by atoms with Gasteiger partial charge >= 0.3 is 0 Å². The fourth-order valence-corrected chi connectivity index (χ4v) is 5.45. The molecule has 5 heteroatoms. The quantitative estimate of drug-likeness (QED) is 0.851. The van der Waals surface area contributed by atoms with Gasteiger partial charge in [-0.15, -0.1) is 0 Å². The number of sulfonamides is 1. The molecule has 3 fully saturated rings. The molecule has 0 amide bonds. The number of hydrogen-bond acceptors (Lipinski definition) is 3. The SMILES string of the molecule is O=S(=O)(NC1CCC2CCCC2C1)C1CCOC1. The Labute approximate surface area is 110 Å². The molecule has 3 rings (SSSR count). The molecule has 4 unspecified atom stereocenters. The first kappa shape index (κ1) is 12.9. The van der Waals surface area contributed by atoms with E-state index < -0.39 is 10.0 Å². The van der Waals surface area contributed by atoms with Crippen LogP contribution >= 0.6 is 0 Å². The first-order chi connectivity index (χ1) is 8.65. The van der Waals surface area contributed by atoms with Crippen molar-refractivity contribution in [2.45, 2.75) is 56.2 Å². The van der Waals surface area contributed by atoms with Crippen molar-refractivity contribution in [2.75, 3.05) is 13.2 Å². The van der Waals surface area contributed by atoms with Gasteiger partial charge in [-0.05, 0) is 37.5 Å². The maximum Gasteiger partial charge on any atom is 0.217 e. The van der Waals surface area contributed by atoms with Crippen LogP contribution in [0.15, 0.2) is 0 Å². The van der Waals surface area contributed by atoms with Crippen LogP contribution in [0.4, 0.5) is 0 Å². The first-order valence-corrected chi connectivity index (χ1v) is 8.78.